The zero-order valence-corrected chi connectivity index (χ0v) is 19.3. The van der Waals surface area contributed by atoms with Gasteiger partial charge in [-0.25, -0.2) is 12.7 Å². The van der Waals surface area contributed by atoms with E-state index in [-0.39, 0.29) is 21.2 Å². The van der Waals surface area contributed by atoms with Crippen LogP contribution in [0.5, 0.6) is 11.5 Å². The molecule has 0 aromatic heterocycles. The van der Waals surface area contributed by atoms with Gasteiger partial charge in [-0.2, -0.15) is 0 Å². The van der Waals surface area contributed by atoms with E-state index >= 15 is 0 Å². The molecule has 0 aliphatic rings. The van der Waals surface area contributed by atoms with E-state index < -0.39 is 15.9 Å². The normalized spacial score (nSPS) is 11.6. The molecule has 1 N–H and O–H groups in total. The molecule has 0 saturated heterocycles. The lowest BCUT2D eigenvalue weighted by molar-refractivity contribution is 0.102. The Morgan fingerprint density at radius 3 is 2.47 bits per heavy atom. The summed E-state index contributed by atoms with van der Waals surface area (Å²) in [6.07, 6.45) is 0.846. The molecule has 7 nitrogen and oxygen atoms in total. The smallest absolute Gasteiger partial charge is 0.255 e. The molecule has 9 heteroatoms. The fraction of sp³-hybridized carbons (Fsp3) is 0.381. The number of rotatable bonds is 9. The number of methoxy groups -OCH3 is 1. The first-order valence-corrected chi connectivity index (χ1v) is 11.2. The van der Waals surface area contributed by atoms with Crippen molar-refractivity contribution in [1.29, 1.82) is 0 Å². The molecule has 0 unspecified atom stereocenters. The van der Waals surface area contributed by atoms with Gasteiger partial charge in [0.1, 0.15) is 4.90 Å². The summed E-state index contributed by atoms with van der Waals surface area (Å²) < 4.78 is 37.2. The van der Waals surface area contributed by atoms with Crippen LogP contribution in [0.4, 0.5) is 5.69 Å². The highest BCUT2D eigenvalue weighted by molar-refractivity contribution is 7.89. The number of sulfonamides is 1. The van der Waals surface area contributed by atoms with Gasteiger partial charge in [0, 0.05) is 19.7 Å². The number of ether oxygens (including phenoxy) is 2. The van der Waals surface area contributed by atoms with Crippen LogP contribution in [0.3, 0.4) is 0 Å². The number of hydrogen-bond acceptors (Lipinski definition) is 5. The Labute approximate surface area is 183 Å². The van der Waals surface area contributed by atoms with Gasteiger partial charge in [-0.3, -0.25) is 4.79 Å². The van der Waals surface area contributed by atoms with Crippen LogP contribution < -0.4 is 14.8 Å². The number of halogens is 1. The van der Waals surface area contributed by atoms with Crippen LogP contribution in [0.1, 0.15) is 30.6 Å². The third-order valence-corrected chi connectivity index (χ3v) is 6.48. The molecule has 2 rings (SSSR count). The fourth-order valence-electron chi connectivity index (χ4n) is 2.57. The molecule has 0 spiro atoms. The van der Waals surface area contributed by atoms with Gasteiger partial charge in [-0.1, -0.05) is 37.6 Å². The van der Waals surface area contributed by atoms with Gasteiger partial charge < -0.3 is 14.8 Å². The number of amides is 1. The number of anilines is 1. The molecule has 0 fully saturated rings. The highest BCUT2D eigenvalue weighted by atomic mass is 35.5. The van der Waals surface area contributed by atoms with E-state index in [9.17, 15) is 13.2 Å². The Bertz CT molecular complexity index is 1010. The van der Waals surface area contributed by atoms with Gasteiger partial charge >= 0.3 is 0 Å². The molecule has 0 saturated carbocycles. The zero-order valence-electron chi connectivity index (χ0n) is 17.7. The van der Waals surface area contributed by atoms with Gasteiger partial charge in [-0.15, -0.1) is 0 Å². The van der Waals surface area contributed by atoms with Crippen molar-refractivity contribution in [2.45, 2.75) is 25.2 Å². The van der Waals surface area contributed by atoms with E-state index in [1.54, 1.807) is 12.1 Å². The Hall–Kier alpha value is -2.29. The van der Waals surface area contributed by atoms with E-state index in [1.807, 2.05) is 0 Å². The molecule has 0 atom stereocenters. The lowest BCUT2D eigenvalue weighted by Gasteiger charge is -2.17. The van der Waals surface area contributed by atoms with Gasteiger partial charge in [0.15, 0.2) is 11.5 Å². The maximum Gasteiger partial charge on any atom is 0.255 e. The lowest BCUT2D eigenvalue weighted by atomic mass is 10.1. The van der Waals surface area contributed by atoms with E-state index in [0.29, 0.717) is 24.0 Å². The predicted molar refractivity (Wildman–Crippen MR) is 118 cm³/mol. The van der Waals surface area contributed by atoms with Crippen molar-refractivity contribution in [3.63, 3.8) is 0 Å². The van der Waals surface area contributed by atoms with Gasteiger partial charge in [0.25, 0.3) is 5.91 Å². The summed E-state index contributed by atoms with van der Waals surface area (Å²) in [6, 6.07) is 9.17. The highest BCUT2D eigenvalue weighted by Crippen LogP contribution is 2.37. The summed E-state index contributed by atoms with van der Waals surface area (Å²) in [7, 11) is 0.582. The molecule has 2 aromatic carbocycles. The first kappa shape index (κ1) is 24.0. The quantitative estimate of drug-likeness (QED) is 0.611. The molecule has 0 aliphatic carbocycles. The predicted octanol–water partition coefficient (Wildman–Crippen LogP) is 4.28. The van der Waals surface area contributed by atoms with Crippen LogP contribution in [0.25, 0.3) is 0 Å². The number of nitrogens with one attached hydrogen (secondary N) is 1. The molecule has 0 bridgehead atoms. The summed E-state index contributed by atoms with van der Waals surface area (Å²) in [5.74, 6) is 0.640. The average molecular weight is 455 g/mol. The van der Waals surface area contributed by atoms with Crippen molar-refractivity contribution >= 4 is 33.2 Å². The lowest BCUT2D eigenvalue weighted by Crippen LogP contribution is -2.24. The molecule has 30 heavy (non-hydrogen) atoms. The maximum absolute atomic E-state index is 12.8. The largest absolute Gasteiger partial charge is 0.493 e. The zero-order chi connectivity index (χ0) is 22.5. The van der Waals surface area contributed by atoms with Crippen molar-refractivity contribution in [2.75, 3.05) is 33.1 Å². The van der Waals surface area contributed by atoms with Gasteiger partial charge in [-0.05, 0) is 36.6 Å². The van der Waals surface area contributed by atoms with E-state index in [0.717, 1.165) is 10.7 Å². The van der Waals surface area contributed by atoms with Crippen molar-refractivity contribution in [1.82, 2.24) is 4.31 Å². The number of para-hydroxylation sites is 1. The second-order valence-electron chi connectivity index (χ2n) is 7.26. The maximum atomic E-state index is 12.8. The first-order chi connectivity index (χ1) is 14.1. The Morgan fingerprint density at radius 2 is 1.87 bits per heavy atom. The Balaban J connectivity index is 2.32. The van der Waals surface area contributed by atoms with Gasteiger partial charge in [0.2, 0.25) is 10.0 Å². The summed E-state index contributed by atoms with van der Waals surface area (Å²) >= 11 is 6.33. The molecule has 0 radical (unpaired) electrons. The minimum atomic E-state index is -3.73. The summed E-state index contributed by atoms with van der Waals surface area (Å²) in [4.78, 5) is 12.8. The van der Waals surface area contributed by atoms with Crippen molar-refractivity contribution in [3.05, 3.63) is 47.0 Å². The van der Waals surface area contributed by atoms with E-state index in [1.165, 1.54) is 45.5 Å². The second-order valence-corrected chi connectivity index (χ2v) is 9.79. The SMILES string of the molecule is COc1cc(C(=O)Nc2ccccc2S(=O)(=O)N(C)C)cc(Cl)c1OCCC(C)C. The summed E-state index contributed by atoms with van der Waals surface area (Å²) in [5.41, 5.74) is 0.383. The van der Waals surface area contributed by atoms with Crippen LogP contribution in [-0.2, 0) is 10.0 Å². The molecular formula is C21H27ClN2O5S. The summed E-state index contributed by atoms with van der Waals surface area (Å²) in [6.45, 7) is 4.64. The molecule has 164 valence electrons. The minimum Gasteiger partial charge on any atom is -0.493 e. The molecular weight excluding hydrogens is 428 g/mol. The Kier molecular flexibility index (Phi) is 8.11. The van der Waals surface area contributed by atoms with Crippen LogP contribution in [0.15, 0.2) is 41.3 Å². The molecule has 0 aliphatic heterocycles. The topological polar surface area (TPSA) is 84.9 Å². The van der Waals surface area contributed by atoms with Crippen LogP contribution in [-0.4, -0.2) is 46.4 Å². The molecule has 0 heterocycles. The van der Waals surface area contributed by atoms with Crippen molar-refractivity contribution in [3.8, 4) is 11.5 Å². The standard InChI is InChI=1S/C21H27ClN2O5S/c1-14(2)10-11-29-20-16(22)12-15(13-18(20)28-5)21(25)23-17-8-6-7-9-19(17)30(26,27)24(3)4/h6-9,12-14H,10-11H2,1-5H3,(H,23,25). The number of carbonyl (C=O) groups excluding carboxylic acids is 1. The van der Waals surface area contributed by atoms with E-state index in [2.05, 4.69) is 19.2 Å². The number of carbonyl (C=O) groups is 1. The third-order valence-electron chi connectivity index (χ3n) is 4.33. The summed E-state index contributed by atoms with van der Waals surface area (Å²) in [5, 5.41) is 2.88. The molecule has 2 aromatic rings. The average Bonchev–Trinajstić information content (AvgIpc) is 2.68. The number of hydrogen-bond donors (Lipinski definition) is 1. The molecule has 1 amide bonds. The van der Waals surface area contributed by atoms with Crippen molar-refractivity contribution < 1.29 is 22.7 Å². The van der Waals surface area contributed by atoms with Gasteiger partial charge in [0.05, 0.1) is 24.4 Å². The fourth-order valence-corrected chi connectivity index (χ4v) is 3.88. The second kappa shape index (κ2) is 10.1. The number of benzene rings is 2. The first-order valence-electron chi connectivity index (χ1n) is 9.41. The van der Waals surface area contributed by atoms with Crippen LogP contribution in [0.2, 0.25) is 5.02 Å². The number of nitrogens with zero attached hydrogens (tertiary/aromatic N) is 1. The van der Waals surface area contributed by atoms with Crippen molar-refractivity contribution in [2.24, 2.45) is 5.92 Å². The third kappa shape index (κ3) is 5.65. The van der Waals surface area contributed by atoms with Crippen LogP contribution in [0, 0.1) is 5.92 Å². The minimum absolute atomic E-state index is 0.00458. The van der Waals surface area contributed by atoms with Crippen LogP contribution >= 0.6 is 11.6 Å². The highest BCUT2D eigenvalue weighted by Gasteiger charge is 2.23. The van der Waals surface area contributed by atoms with E-state index in [4.69, 9.17) is 21.1 Å². The monoisotopic (exact) mass is 454 g/mol. The Morgan fingerprint density at radius 1 is 1.20 bits per heavy atom.